The number of ether oxygens (including phenoxy) is 4. The largest absolute Gasteiger partial charge is 0.493 e. The van der Waals surface area contributed by atoms with Crippen LogP contribution >= 0.6 is 0 Å². The van der Waals surface area contributed by atoms with E-state index >= 15 is 0 Å². The Labute approximate surface area is 152 Å². The number of rotatable bonds is 6. The van der Waals surface area contributed by atoms with Crippen LogP contribution in [-0.2, 0) is 13.1 Å². The van der Waals surface area contributed by atoms with E-state index < -0.39 is 0 Å². The van der Waals surface area contributed by atoms with E-state index in [4.69, 9.17) is 30.4 Å². The fraction of sp³-hybridized carbons (Fsp3) is 0.300. The van der Waals surface area contributed by atoms with E-state index in [1.807, 2.05) is 24.3 Å². The molecular weight excluding hydrogens is 332 g/mol. The van der Waals surface area contributed by atoms with Crippen LogP contribution in [0.3, 0.4) is 0 Å². The summed E-state index contributed by atoms with van der Waals surface area (Å²) < 4.78 is 21.9. The van der Waals surface area contributed by atoms with Crippen molar-refractivity contribution in [2.24, 2.45) is 11.5 Å². The second kappa shape index (κ2) is 7.27. The number of nitrogens with two attached hydrogens (primary N) is 2. The third kappa shape index (κ3) is 2.67. The Kier molecular flexibility index (Phi) is 5.06. The van der Waals surface area contributed by atoms with Crippen LogP contribution in [0, 0.1) is 0 Å². The second-order valence-electron chi connectivity index (χ2n) is 5.87. The van der Waals surface area contributed by atoms with Crippen molar-refractivity contribution in [2.45, 2.75) is 13.1 Å². The molecule has 3 rings (SSSR count). The number of hydrogen-bond donors (Lipinski definition) is 2. The molecule has 6 nitrogen and oxygen atoms in total. The van der Waals surface area contributed by atoms with E-state index in [1.54, 1.807) is 28.4 Å². The summed E-state index contributed by atoms with van der Waals surface area (Å²) in [6.45, 7) is 0.728. The normalized spacial score (nSPS) is 11.0. The standard InChI is InChI=1S/C20H24N2O4/c1-23-17-5-11-12(6-18(17)24-2)16(10-22)14-8-20(26-4)19(25-3)7-13(14)15(11)9-21/h5-8H,9-10,21-22H2,1-4H3. The number of hydrogen-bond acceptors (Lipinski definition) is 6. The SMILES string of the molecule is COc1cc2c(CN)c3cc(OC)c(OC)cc3c(CN)c2cc1OC. The highest BCUT2D eigenvalue weighted by atomic mass is 16.5. The minimum Gasteiger partial charge on any atom is -0.493 e. The molecule has 0 amide bonds. The minimum absolute atomic E-state index is 0.364. The van der Waals surface area contributed by atoms with Gasteiger partial charge in [-0.15, -0.1) is 0 Å². The van der Waals surface area contributed by atoms with Gasteiger partial charge in [-0.05, 0) is 56.9 Å². The molecule has 0 fully saturated rings. The first-order chi connectivity index (χ1) is 12.6. The van der Waals surface area contributed by atoms with Gasteiger partial charge in [-0.25, -0.2) is 0 Å². The van der Waals surface area contributed by atoms with Gasteiger partial charge in [0.05, 0.1) is 28.4 Å². The quantitative estimate of drug-likeness (QED) is 0.660. The molecule has 6 heteroatoms. The van der Waals surface area contributed by atoms with Gasteiger partial charge in [-0.2, -0.15) is 0 Å². The van der Waals surface area contributed by atoms with Crippen molar-refractivity contribution in [3.8, 4) is 23.0 Å². The van der Waals surface area contributed by atoms with E-state index in [1.165, 1.54) is 0 Å². The van der Waals surface area contributed by atoms with Crippen LogP contribution in [0.15, 0.2) is 24.3 Å². The third-order valence-electron chi connectivity index (χ3n) is 4.76. The topological polar surface area (TPSA) is 89.0 Å². The van der Waals surface area contributed by atoms with Gasteiger partial charge in [0.2, 0.25) is 0 Å². The van der Waals surface area contributed by atoms with Crippen molar-refractivity contribution in [2.75, 3.05) is 28.4 Å². The fourth-order valence-electron chi connectivity index (χ4n) is 3.49. The monoisotopic (exact) mass is 356 g/mol. The smallest absolute Gasteiger partial charge is 0.161 e. The molecule has 0 aromatic heterocycles. The molecule has 3 aromatic carbocycles. The summed E-state index contributed by atoms with van der Waals surface area (Å²) in [5.74, 6) is 2.60. The Morgan fingerprint density at radius 3 is 0.923 bits per heavy atom. The Bertz CT molecular complexity index is 819. The molecule has 138 valence electrons. The minimum atomic E-state index is 0.364. The summed E-state index contributed by atoms with van der Waals surface area (Å²) in [5, 5.41) is 3.96. The van der Waals surface area contributed by atoms with E-state index in [0.29, 0.717) is 36.1 Å². The lowest BCUT2D eigenvalue weighted by Crippen LogP contribution is -2.06. The van der Waals surface area contributed by atoms with E-state index in [9.17, 15) is 0 Å². The lowest BCUT2D eigenvalue weighted by Gasteiger charge is -2.19. The fourth-order valence-corrected chi connectivity index (χ4v) is 3.49. The number of benzene rings is 3. The molecule has 0 saturated carbocycles. The zero-order valence-corrected chi connectivity index (χ0v) is 15.5. The summed E-state index contributed by atoms with van der Waals surface area (Å²) >= 11 is 0. The first-order valence-electron chi connectivity index (χ1n) is 8.28. The molecular formula is C20H24N2O4. The van der Waals surface area contributed by atoms with Crippen molar-refractivity contribution in [3.63, 3.8) is 0 Å². The van der Waals surface area contributed by atoms with Crippen molar-refractivity contribution >= 4 is 21.5 Å². The zero-order valence-electron chi connectivity index (χ0n) is 15.5. The lowest BCUT2D eigenvalue weighted by molar-refractivity contribution is 0.355. The van der Waals surface area contributed by atoms with Crippen LogP contribution in [0.5, 0.6) is 23.0 Å². The summed E-state index contributed by atoms with van der Waals surface area (Å²) in [4.78, 5) is 0. The highest BCUT2D eigenvalue weighted by Crippen LogP contribution is 2.42. The Hall–Kier alpha value is -2.70. The van der Waals surface area contributed by atoms with Crippen LogP contribution in [0.25, 0.3) is 21.5 Å². The van der Waals surface area contributed by atoms with Crippen LogP contribution in [0.4, 0.5) is 0 Å². The second-order valence-corrected chi connectivity index (χ2v) is 5.87. The molecule has 3 aromatic rings. The summed E-state index contributed by atoms with van der Waals surface area (Å²) in [6.07, 6.45) is 0. The third-order valence-corrected chi connectivity index (χ3v) is 4.76. The molecule has 26 heavy (non-hydrogen) atoms. The van der Waals surface area contributed by atoms with Gasteiger partial charge in [0.25, 0.3) is 0 Å². The van der Waals surface area contributed by atoms with Gasteiger partial charge in [-0.1, -0.05) is 0 Å². The Morgan fingerprint density at radius 2 is 0.769 bits per heavy atom. The molecule has 0 radical (unpaired) electrons. The van der Waals surface area contributed by atoms with Gasteiger partial charge in [0.15, 0.2) is 23.0 Å². The molecule has 4 N–H and O–H groups in total. The van der Waals surface area contributed by atoms with Crippen molar-refractivity contribution in [1.29, 1.82) is 0 Å². The van der Waals surface area contributed by atoms with Crippen LogP contribution < -0.4 is 30.4 Å². The Morgan fingerprint density at radius 1 is 0.538 bits per heavy atom. The maximum absolute atomic E-state index is 6.12. The molecule has 0 bridgehead atoms. The van der Waals surface area contributed by atoms with Gasteiger partial charge in [0.1, 0.15) is 0 Å². The Balaban J connectivity index is 2.55. The van der Waals surface area contributed by atoms with Gasteiger partial charge >= 0.3 is 0 Å². The maximum atomic E-state index is 6.12. The van der Waals surface area contributed by atoms with E-state index in [2.05, 4.69) is 0 Å². The molecule has 0 saturated heterocycles. The molecule has 0 atom stereocenters. The molecule has 0 spiro atoms. The molecule has 0 unspecified atom stereocenters. The van der Waals surface area contributed by atoms with E-state index in [0.717, 1.165) is 32.7 Å². The average molecular weight is 356 g/mol. The van der Waals surface area contributed by atoms with Crippen molar-refractivity contribution in [1.82, 2.24) is 0 Å². The van der Waals surface area contributed by atoms with E-state index in [-0.39, 0.29) is 0 Å². The van der Waals surface area contributed by atoms with Gasteiger partial charge < -0.3 is 30.4 Å². The summed E-state index contributed by atoms with van der Waals surface area (Å²) in [7, 11) is 6.46. The summed E-state index contributed by atoms with van der Waals surface area (Å²) in [5.41, 5.74) is 14.2. The first kappa shape index (κ1) is 18.1. The first-order valence-corrected chi connectivity index (χ1v) is 8.28. The maximum Gasteiger partial charge on any atom is 0.161 e. The molecule has 0 aliphatic carbocycles. The van der Waals surface area contributed by atoms with Crippen molar-refractivity contribution in [3.05, 3.63) is 35.4 Å². The highest BCUT2D eigenvalue weighted by Gasteiger charge is 2.18. The predicted molar refractivity (Wildman–Crippen MR) is 103 cm³/mol. The van der Waals surface area contributed by atoms with Gasteiger partial charge in [0, 0.05) is 13.1 Å². The highest BCUT2D eigenvalue weighted by molar-refractivity contribution is 6.07. The zero-order chi connectivity index (χ0) is 18.8. The molecule has 0 aliphatic heterocycles. The predicted octanol–water partition coefficient (Wildman–Crippen LogP) is 2.94. The lowest BCUT2D eigenvalue weighted by atomic mass is 9.91. The molecule has 0 heterocycles. The van der Waals surface area contributed by atoms with Gasteiger partial charge in [-0.3, -0.25) is 0 Å². The van der Waals surface area contributed by atoms with Crippen LogP contribution in [0.2, 0.25) is 0 Å². The average Bonchev–Trinajstić information content (AvgIpc) is 2.69. The van der Waals surface area contributed by atoms with Crippen LogP contribution in [-0.4, -0.2) is 28.4 Å². The number of fused-ring (bicyclic) bond motifs is 2. The number of methoxy groups -OCH3 is 4. The van der Waals surface area contributed by atoms with Crippen LogP contribution in [0.1, 0.15) is 11.1 Å². The molecule has 0 aliphatic rings. The van der Waals surface area contributed by atoms with Crippen molar-refractivity contribution < 1.29 is 18.9 Å². The summed E-state index contributed by atoms with van der Waals surface area (Å²) in [6, 6.07) is 7.80.